The largest absolute Gasteiger partial charge is 0.392 e. The molecule has 1 amide bonds. The number of nitrogens with zero attached hydrogens (tertiary/aromatic N) is 1. The van der Waals surface area contributed by atoms with E-state index in [9.17, 15) is 14.3 Å². The van der Waals surface area contributed by atoms with Crippen molar-refractivity contribution in [3.8, 4) is 11.3 Å². The normalized spacial score (nSPS) is 14.9. The number of carbonyl (C=O) groups is 1. The van der Waals surface area contributed by atoms with E-state index in [1.165, 1.54) is 24.3 Å². The van der Waals surface area contributed by atoms with Crippen LogP contribution in [0.5, 0.6) is 0 Å². The van der Waals surface area contributed by atoms with Crippen molar-refractivity contribution >= 4 is 11.6 Å². The van der Waals surface area contributed by atoms with Gasteiger partial charge < -0.3 is 15.2 Å². The lowest BCUT2D eigenvalue weighted by Crippen LogP contribution is -2.55. The number of aliphatic hydroxyl groups excluding tert-OH is 1. The fourth-order valence-corrected chi connectivity index (χ4v) is 3.48. The quantitative estimate of drug-likeness (QED) is 0.696. The minimum atomic E-state index is -0.784. The lowest BCUT2D eigenvalue weighted by atomic mass is 9.77. The van der Waals surface area contributed by atoms with E-state index in [4.69, 9.17) is 4.74 Å². The molecule has 0 bridgehead atoms. The van der Waals surface area contributed by atoms with Crippen LogP contribution >= 0.6 is 0 Å². The van der Waals surface area contributed by atoms with Gasteiger partial charge in [-0.1, -0.05) is 30.3 Å². The molecule has 0 saturated carbocycles. The average molecular weight is 392 g/mol. The van der Waals surface area contributed by atoms with Crippen LogP contribution in [0, 0.1) is 12.7 Å². The summed E-state index contributed by atoms with van der Waals surface area (Å²) < 4.78 is 18.5. The van der Waals surface area contributed by atoms with Crippen LogP contribution in [0.15, 0.2) is 60.8 Å². The summed E-state index contributed by atoms with van der Waals surface area (Å²) in [5.74, 6) is -0.542. The lowest BCUT2D eigenvalue weighted by molar-refractivity contribution is -0.139. The molecule has 0 atom stereocenters. The van der Waals surface area contributed by atoms with Gasteiger partial charge in [-0.15, -0.1) is 0 Å². The number of amides is 1. The van der Waals surface area contributed by atoms with Crippen LogP contribution in [0.4, 0.5) is 10.1 Å². The number of aryl methyl sites for hydroxylation is 1. The van der Waals surface area contributed by atoms with Crippen molar-refractivity contribution in [3.63, 3.8) is 0 Å². The molecule has 3 aromatic rings. The number of carbonyl (C=O) groups excluding carboxylic acids is 1. The topological polar surface area (TPSA) is 71.5 Å². The maximum absolute atomic E-state index is 13.1. The number of halogens is 1. The van der Waals surface area contributed by atoms with Gasteiger partial charge in [0, 0.05) is 23.0 Å². The summed E-state index contributed by atoms with van der Waals surface area (Å²) in [4.78, 5) is 17.4. The Morgan fingerprint density at radius 2 is 1.86 bits per heavy atom. The monoisotopic (exact) mass is 392 g/mol. The summed E-state index contributed by atoms with van der Waals surface area (Å²) in [5, 5.41) is 12.5. The van der Waals surface area contributed by atoms with Crippen molar-refractivity contribution in [2.24, 2.45) is 0 Å². The lowest BCUT2D eigenvalue weighted by Gasteiger charge is -2.40. The summed E-state index contributed by atoms with van der Waals surface area (Å²) in [6.45, 7) is 2.40. The summed E-state index contributed by atoms with van der Waals surface area (Å²) in [6.07, 6.45) is 1.76. The molecule has 2 aromatic carbocycles. The van der Waals surface area contributed by atoms with E-state index in [2.05, 4.69) is 10.3 Å². The number of aromatic nitrogens is 1. The highest BCUT2D eigenvalue weighted by molar-refractivity contribution is 6.00. The molecular formula is C23H21FN2O3. The highest BCUT2D eigenvalue weighted by Crippen LogP contribution is 2.35. The second-order valence-electron chi connectivity index (χ2n) is 7.29. The Bertz CT molecular complexity index is 1030. The van der Waals surface area contributed by atoms with Gasteiger partial charge in [0.05, 0.1) is 25.5 Å². The van der Waals surface area contributed by atoms with Crippen LogP contribution < -0.4 is 5.32 Å². The van der Waals surface area contributed by atoms with Crippen molar-refractivity contribution in [1.82, 2.24) is 4.98 Å². The SMILES string of the molecule is Cc1cnc(-c2ccc(C3(C(=O)Nc4ccc(F)cc4)COC3)cc2)c(CO)c1. The number of pyridine rings is 1. The molecule has 29 heavy (non-hydrogen) atoms. The second-order valence-corrected chi connectivity index (χ2v) is 7.29. The van der Waals surface area contributed by atoms with Gasteiger partial charge in [-0.3, -0.25) is 9.78 Å². The summed E-state index contributed by atoms with van der Waals surface area (Å²) in [7, 11) is 0. The van der Waals surface area contributed by atoms with Gasteiger partial charge in [-0.05, 0) is 42.3 Å². The molecule has 1 aliphatic heterocycles. The van der Waals surface area contributed by atoms with Crippen molar-refractivity contribution < 1.29 is 19.0 Å². The smallest absolute Gasteiger partial charge is 0.239 e. The molecule has 0 radical (unpaired) electrons. The van der Waals surface area contributed by atoms with E-state index in [0.29, 0.717) is 5.69 Å². The van der Waals surface area contributed by atoms with Gasteiger partial charge in [-0.2, -0.15) is 0 Å². The fourth-order valence-electron chi connectivity index (χ4n) is 3.48. The van der Waals surface area contributed by atoms with Gasteiger partial charge in [-0.25, -0.2) is 4.39 Å². The van der Waals surface area contributed by atoms with Gasteiger partial charge >= 0.3 is 0 Å². The summed E-state index contributed by atoms with van der Waals surface area (Å²) >= 11 is 0. The molecule has 6 heteroatoms. The first kappa shape index (κ1) is 19.2. The third kappa shape index (κ3) is 3.64. The molecule has 2 heterocycles. The van der Waals surface area contributed by atoms with Gasteiger partial charge in [0.15, 0.2) is 0 Å². The number of ether oxygens (including phenoxy) is 1. The Morgan fingerprint density at radius 1 is 1.17 bits per heavy atom. The molecule has 0 aliphatic carbocycles. The predicted molar refractivity (Wildman–Crippen MR) is 108 cm³/mol. The Balaban J connectivity index is 1.60. The van der Waals surface area contributed by atoms with E-state index in [0.717, 1.165) is 27.9 Å². The van der Waals surface area contributed by atoms with Gasteiger partial charge in [0.25, 0.3) is 0 Å². The molecule has 1 fully saturated rings. The maximum Gasteiger partial charge on any atom is 0.239 e. The highest BCUT2D eigenvalue weighted by atomic mass is 19.1. The molecule has 5 nitrogen and oxygen atoms in total. The molecule has 148 valence electrons. The third-order valence-corrected chi connectivity index (χ3v) is 5.22. The summed E-state index contributed by atoms with van der Waals surface area (Å²) in [5.41, 5.74) is 3.92. The number of aliphatic hydroxyl groups is 1. The van der Waals surface area contributed by atoms with Crippen LogP contribution in [0.2, 0.25) is 0 Å². The molecule has 1 saturated heterocycles. The van der Waals surface area contributed by atoms with E-state index in [-0.39, 0.29) is 31.5 Å². The first-order valence-corrected chi connectivity index (χ1v) is 9.34. The second kappa shape index (κ2) is 7.73. The molecule has 0 spiro atoms. The van der Waals surface area contributed by atoms with E-state index >= 15 is 0 Å². The van der Waals surface area contributed by atoms with Crippen LogP contribution in [0.1, 0.15) is 16.7 Å². The van der Waals surface area contributed by atoms with E-state index < -0.39 is 5.41 Å². The van der Waals surface area contributed by atoms with E-state index in [1.807, 2.05) is 37.3 Å². The van der Waals surface area contributed by atoms with Crippen molar-refractivity contribution in [2.75, 3.05) is 18.5 Å². The standard InChI is InChI=1S/C23H21FN2O3/c1-15-10-17(12-27)21(25-11-15)16-2-4-18(5-3-16)23(13-29-14-23)22(28)26-20-8-6-19(24)7-9-20/h2-11,27H,12-14H2,1H3,(H,26,28). The van der Waals surface area contributed by atoms with Crippen molar-refractivity contribution in [2.45, 2.75) is 18.9 Å². The van der Waals surface area contributed by atoms with Gasteiger partial charge in [0.1, 0.15) is 11.2 Å². The molecule has 1 aromatic heterocycles. The molecule has 0 unspecified atom stereocenters. The molecule has 4 rings (SSSR count). The van der Waals surface area contributed by atoms with Gasteiger partial charge in [0.2, 0.25) is 5.91 Å². The number of rotatable bonds is 5. The predicted octanol–water partition coefficient (Wildman–Crippen LogP) is 3.60. The van der Waals surface area contributed by atoms with Crippen molar-refractivity contribution in [1.29, 1.82) is 0 Å². The zero-order valence-corrected chi connectivity index (χ0v) is 16.0. The number of nitrogens with one attached hydrogen (secondary N) is 1. The van der Waals surface area contributed by atoms with E-state index in [1.54, 1.807) is 6.20 Å². The van der Waals surface area contributed by atoms with Crippen molar-refractivity contribution in [3.05, 3.63) is 83.3 Å². The first-order chi connectivity index (χ1) is 14.0. The average Bonchev–Trinajstić information content (AvgIpc) is 2.69. The third-order valence-electron chi connectivity index (χ3n) is 5.22. The zero-order chi connectivity index (χ0) is 20.4. The zero-order valence-electron chi connectivity index (χ0n) is 16.0. The number of hydrogen-bond acceptors (Lipinski definition) is 4. The highest BCUT2D eigenvalue weighted by Gasteiger charge is 2.47. The molecule has 2 N–H and O–H groups in total. The summed E-state index contributed by atoms with van der Waals surface area (Å²) in [6, 6.07) is 15.2. The fraction of sp³-hybridized carbons (Fsp3) is 0.217. The minimum absolute atomic E-state index is 0.0936. The minimum Gasteiger partial charge on any atom is -0.392 e. The molecule has 1 aliphatic rings. The van der Waals surface area contributed by atoms with Crippen LogP contribution in [0.3, 0.4) is 0 Å². The Morgan fingerprint density at radius 3 is 2.45 bits per heavy atom. The van der Waals surface area contributed by atoms with Crippen LogP contribution in [-0.4, -0.2) is 29.2 Å². The van der Waals surface area contributed by atoms with Crippen LogP contribution in [0.25, 0.3) is 11.3 Å². The number of anilines is 1. The molecular weight excluding hydrogens is 371 g/mol. The first-order valence-electron chi connectivity index (χ1n) is 9.34. The number of benzene rings is 2. The van der Waals surface area contributed by atoms with Crippen LogP contribution in [-0.2, 0) is 21.6 Å². The maximum atomic E-state index is 13.1. The Kier molecular flexibility index (Phi) is 5.13. The number of hydrogen-bond donors (Lipinski definition) is 2. The Labute approximate surface area is 168 Å². The Hall–Kier alpha value is -3.09.